The smallest absolute Gasteiger partial charge is 0.159 e. The molecule has 0 aliphatic carbocycles. The molecule has 1 aromatic heterocycles. The molecule has 0 saturated heterocycles. The zero-order valence-corrected chi connectivity index (χ0v) is 15.9. The zero-order chi connectivity index (χ0) is 20.9. The van der Waals surface area contributed by atoms with Crippen LogP contribution in [0.25, 0.3) is 22.2 Å². The van der Waals surface area contributed by atoms with Crippen LogP contribution in [-0.4, -0.2) is 16.6 Å². The van der Waals surface area contributed by atoms with Gasteiger partial charge in [-0.3, -0.25) is 0 Å². The summed E-state index contributed by atoms with van der Waals surface area (Å²) in [6.07, 6.45) is 4.69. The Morgan fingerprint density at radius 1 is 0.900 bits per heavy atom. The number of ether oxygens (including phenoxy) is 1. The van der Waals surface area contributed by atoms with Gasteiger partial charge in [0.25, 0.3) is 0 Å². The van der Waals surface area contributed by atoms with Crippen LogP contribution in [0.1, 0.15) is 11.1 Å². The van der Waals surface area contributed by atoms with E-state index in [9.17, 15) is 8.78 Å². The number of aromatic nitrogens is 2. The Bertz CT molecular complexity index is 1290. The molecule has 3 nitrogen and oxygen atoms in total. The maximum atomic E-state index is 14.5. The maximum absolute atomic E-state index is 14.5. The van der Waals surface area contributed by atoms with Crippen molar-refractivity contribution in [3.8, 4) is 29.0 Å². The van der Waals surface area contributed by atoms with Crippen LogP contribution in [0, 0.1) is 23.5 Å². The predicted octanol–water partition coefficient (Wildman–Crippen LogP) is 5.54. The lowest BCUT2D eigenvalue weighted by Gasteiger charge is -2.04. The third-order valence-corrected chi connectivity index (χ3v) is 4.37. The van der Waals surface area contributed by atoms with Gasteiger partial charge in [-0.1, -0.05) is 36.6 Å². The van der Waals surface area contributed by atoms with Gasteiger partial charge in [0.05, 0.1) is 18.0 Å². The summed E-state index contributed by atoms with van der Waals surface area (Å²) in [6, 6.07) is 14.6. The number of rotatable bonds is 4. The van der Waals surface area contributed by atoms with Gasteiger partial charge in [0.2, 0.25) is 0 Å². The fourth-order valence-corrected chi connectivity index (χ4v) is 2.88. The fourth-order valence-electron chi connectivity index (χ4n) is 2.88. The summed E-state index contributed by atoms with van der Waals surface area (Å²) in [5.41, 5.74) is 1.53. The Kier molecular flexibility index (Phi) is 5.49. The first-order chi connectivity index (χ1) is 14.6. The standard InChI is InChI=1S/C25H16F2N2O/c1-2-11-30-23-15-28-25(29-16-23)21-8-7-18(24(27)14-21)5-3-17-4-6-20-13-22(26)10-9-19(20)12-17/h2,4,6-10,12-16H,1,11H2. The Balaban J connectivity index is 1.55. The summed E-state index contributed by atoms with van der Waals surface area (Å²) in [7, 11) is 0. The first-order valence-corrected chi connectivity index (χ1v) is 9.19. The van der Waals surface area contributed by atoms with Gasteiger partial charge in [0.15, 0.2) is 11.6 Å². The summed E-state index contributed by atoms with van der Waals surface area (Å²) in [4.78, 5) is 8.40. The molecule has 0 bridgehead atoms. The molecule has 0 aliphatic heterocycles. The third kappa shape index (κ3) is 4.34. The Morgan fingerprint density at radius 2 is 1.67 bits per heavy atom. The first-order valence-electron chi connectivity index (χ1n) is 9.19. The molecule has 0 amide bonds. The highest BCUT2D eigenvalue weighted by molar-refractivity contribution is 5.84. The molecule has 0 spiro atoms. The van der Waals surface area contributed by atoms with Crippen LogP contribution in [0.4, 0.5) is 8.78 Å². The largest absolute Gasteiger partial charge is 0.486 e. The minimum atomic E-state index is -0.460. The van der Waals surface area contributed by atoms with Crippen molar-refractivity contribution in [2.45, 2.75) is 0 Å². The quantitative estimate of drug-likeness (QED) is 0.334. The van der Waals surface area contributed by atoms with E-state index in [1.165, 1.54) is 30.6 Å². The van der Waals surface area contributed by atoms with E-state index in [0.717, 1.165) is 16.3 Å². The van der Waals surface area contributed by atoms with E-state index in [1.807, 2.05) is 6.07 Å². The average molecular weight is 398 g/mol. The topological polar surface area (TPSA) is 35.0 Å². The van der Waals surface area contributed by atoms with Gasteiger partial charge < -0.3 is 4.74 Å². The van der Waals surface area contributed by atoms with Crippen molar-refractivity contribution in [1.82, 2.24) is 9.97 Å². The molecule has 0 fully saturated rings. The van der Waals surface area contributed by atoms with E-state index in [-0.39, 0.29) is 11.4 Å². The maximum Gasteiger partial charge on any atom is 0.159 e. The highest BCUT2D eigenvalue weighted by atomic mass is 19.1. The highest BCUT2D eigenvalue weighted by Gasteiger charge is 2.06. The molecule has 4 rings (SSSR count). The van der Waals surface area contributed by atoms with E-state index in [2.05, 4.69) is 28.4 Å². The molecule has 0 unspecified atom stereocenters. The van der Waals surface area contributed by atoms with Crippen LogP contribution in [0.15, 0.2) is 79.6 Å². The summed E-state index contributed by atoms with van der Waals surface area (Å²) in [5.74, 6) is 5.96. The second-order valence-electron chi connectivity index (χ2n) is 6.49. The minimum Gasteiger partial charge on any atom is -0.486 e. The zero-order valence-electron chi connectivity index (χ0n) is 15.9. The number of hydrogen-bond donors (Lipinski definition) is 0. The van der Waals surface area contributed by atoms with Gasteiger partial charge in [-0.15, -0.1) is 0 Å². The second kappa shape index (κ2) is 8.54. The fraction of sp³-hybridized carbons (Fsp3) is 0.0400. The van der Waals surface area contributed by atoms with Crippen molar-refractivity contribution in [3.05, 3.63) is 102 Å². The highest BCUT2D eigenvalue weighted by Crippen LogP contribution is 2.20. The molecule has 146 valence electrons. The van der Waals surface area contributed by atoms with Crippen molar-refractivity contribution in [2.24, 2.45) is 0 Å². The number of benzene rings is 3. The van der Waals surface area contributed by atoms with E-state index < -0.39 is 5.82 Å². The normalized spacial score (nSPS) is 10.3. The molecule has 0 atom stereocenters. The number of halogens is 2. The molecule has 0 saturated carbocycles. The summed E-state index contributed by atoms with van der Waals surface area (Å²) in [6.45, 7) is 3.94. The minimum absolute atomic E-state index is 0.267. The lowest BCUT2D eigenvalue weighted by atomic mass is 10.1. The molecular weight excluding hydrogens is 382 g/mol. The molecule has 4 aromatic rings. The van der Waals surface area contributed by atoms with Crippen molar-refractivity contribution in [2.75, 3.05) is 6.61 Å². The van der Waals surface area contributed by atoms with Crippen LogP contribution < -0.4 is 4.74 Å². The first kappa shape index (κ1) is 19.3. The average Bonchev–Trinajstić information content (AvgIpc) is 2.77. The predicted molar refractivity (Wildman–Crippen MR) is 113 cm³/mol. The van der Waals surface area contributed by atoms with Crippen molar-refractivity contribution >= 4 is 10.8 Å². The second-order valence-corrected chi connectivity index (χ2v) is 6.49. The van der Waals surface area contributed by atoms with Crippen molar-refractivity contribution < 1.29 is 13.5 Å². The Labute approximate surface area is 172 Å². The molecule has 1 heterocycles. The summed E-state index contributed by atoms with van der Waals surface area (Å²) in [5, 5.41) is 1.66. The molecule has 30 heavy (non-hydrogen) atoms. The van der Waals surface area contributed by atoms with E-state index in [0.29, 0.717) is 23.7 Å². The van der Waals surface area contributed by atoms with Gasteiger partial charge in [-0.2, -0.15) is 0 Å². The third-order valence-electron chi connectivity index (χ3n) is 4.37. The Hall–Kier alpha value is -4.04. The molecule has 3 aromatic carbocycles. The lowest BCUT2D eigenvalue weighted by molar-refractivity contribution is 0.360. The monoisotopic (exact) mass is 398 g/mol. The number of hydrogen-bond acceptors (Lipinski definition) is 3. The van der Waals surface area contributed by atoms with Gasteiger partial charge in [-0.05, 0) is 53.2 Å². The lowest BCUT2D eigenvalue weighted by Crippen LogP contribution is -1.96. The van der Waals surface area contributed by atoms with E-state index in [4.69, 9.17) is 4.74 Å². The van der Waals surface area contributed by atoms with Crippen LogP contribution in [-0.2, 0) is 0 Å². The molecule has 0 N–H and O–H groups in total. The SMILES string of the molecule is C=CCOc1cnc(-c2ccc(C#Cc3ccc4cc(F)ccc4c3)c(F)c2)nc1. The van der Waals surface area contributed by atoms with Crippen molar-refractivity contribution in [3.63, 3.8) is 0 Å². The number of nitrogens with zero attached hydrogens (tertiary/aromatic N) is 2. The Morgan fingerprint density at radius 3 is 2.43 bits per heavy atom. The van der Waals surface area contributed by atoms with E-state index >= 15 is 0 Å². The van der Waals surface area contributed by atoms with Crippen LogP contribution in [0.3, 0.4) is 0 Å². The summed E-state index contributed by atoms with van der Waals surface area (Å²) >= 11 is 0. The van der Waals surface area contributed by atoms with Crippen LogP contribution >= 0.6 is 0 Å². The van der Waals surface area contributed by atoms with Crippen LogP contribution in [0.5, 0.6) is 5.75 Å². The summed E-state index contributed by atoms with van der Waals surface area (Å²) < 4.78 is 33.2. The van der Waals surface area contributed by atoms with E-state index in [1.54, 1.807) is 36.4 Å². The molecule has 5 heteroatoms. The van der Waals surface area contributed by atoms with Gasteiger partial charge in [-0.25, -0.2) is 18.7 Å². The van der Waals surface area contributed by atoms with Gasteiger partial charge in [0.1, 0.15) is 18.2 Å². The van der Waals surface area contributed by atoms with Crippen molar-refractivity contribution in [1.29, 1.82) is 0 Å². The van der Waals surface area contributed by atoms with Gasteiger partial charge in [0, 0.05) is 11.1 Å². The number of fused-ring (bicyclic) bond motifs is 1. The molecule has 0 aliphatic rings. The van der Waals surface area contributed by atoms with Gasteiger partial charge >= 0.3 is 0 Å². The van der Waals surface area contributed by atoms with Crippen LogP contribution in [0.2, 0.25) is 0 Å². The molecule has 0 radical (unpaired) electrons. The molecular formula is C25H16F2N2O.